The second-order valence-electron chi connectivity index (χ2n) is 6.37. The molecule has 136 valence electrons. The van der Waals surface area contributed by atoms with E-state index in [-0.39, 0.29) is 5.88 Å². The summed E-state index contributed by atoms with van der Waals surface area (Å²) in [6, 6.07) is 19.5. The summed E-state index contributed by atoms with van der Waals surface area (Å²) in [5, 5.41) is 14.3. The van der Waals surface area contributed by atoms with E-state index < -0.39 is 0 Å². The molecule has 0 unspecified atom stereocenters. The normalized spacial score (nSPS) is 11.2. The van der Waals surface area contributed by atoms with Gasteiger partial charge in [-0.15, -0.1) is 0 Å². The molecule has 0 radical (unpaired) electrons. The third-order valence-corrected chi connectivity index (χ3v) is 4.87. The van der Waals surface area contributed by atoms with Crippen molar-refractivity contribution < 1.29 is 5.11 Å². The van der Waals surface area contributed by atoms with E-state index in [4.69, 9.17) is 11.6 Å². The van der Waals surface area contributed by atoms with Crippen LogP contribution in [0.2, 0.25) is 5.02 Å². The summed E-state index contributed by atoms with van der Waals surface area (Å²) in [6.07, 6.45) is 3.18. The second kappa shape index (κ2) is 6.51. The maximum Gasteiger partial charge on any atom is 0.190 e. The largest absolute Gasteiger partial charge is 0.495 e. The molecule has 0 bridgehead atoms. The molecule has 0 aliphatic heterocycles. The molecule has 0 saturated heterocycles. The van der Waals surface area contributed by atoms with E-state index in [1.54, 1.807) is 23.1 Å². The van der Waals surface area contributed by atoms with Gasteiger partial charge in [0.15, 0.2) is 5.88 Å². The number of hydrogen-bond acceptors (Lipinski definition) is 4. The monoisotopic (exact) mass is 387 g/mol. The van der Waals surface area contributed by atoms with Crippen LogP contribution in [-0.4, -0.2) is 29.8 Å². The van der Waals surface area contributed by atoms with Crippen molar-refractivity contribution in [2.45, 2.75) is 0 Å². The van der Waals surface area contributed by atoms with Gasteiger partial charge in [0.2, 0.25) is 0 Å². The van der Waals surface area contributed by atoms with Gasteiger partial charge in [-0.25, -0.2) is 14.6 Å². The lowest BCUT2D eigenvalue weighted by molar-refractivity contribution is 0.458. The average molecular weight is 388 g/mol. The highest BCUT2D eigenvalue weighted by Gasteiger charge is 2.10. The Morgan fingerprint density at radius 2 is 1.57 bits per heavy atom. The Bertz CT molecular complexity index is 1260. The summed E-state index contributed by atoms with van der Waals surface area (Å²) in [5.74, 6) is 0.0698. The molecule has 0 amide bonds. The van der Waals surface area contributed by atoms with Crippen molar-refractivity contribution in [3.8, 4) is 34.0 Å². The highest BCUT2D eigenvalue weighted by molar-refractivity contribution is 6.33. The number of rotatable bonds is 3. The van der Waals surface area contributed by atoms with Gasteiger partial charge < -0.3 is 10.1 Å². The topological polar surface area (TPSA) is 79.6 Å². The van der Waals surface area contributed by atoms with Crippen LogP contribution in [0.1, 0.15) is 0 Å². The van der Waals surface area contributed by atoms with Gasteiger partial charge in [0.1, 0.15) is 12.7 Å². The number of benzene rings is 2. The quantitative estimate of drug-likeness (QED) is 0.464. The first-order valence-corrected chi connectivity index (χ1v) is 8.99. The molecule has 0 spiro atoms. The lowest BCUT2D eigenvalue weighted by Crippen LogP contribution is -1.93. The minimum atomic E-state index is 0.0698. The molecule has 3 heterocycles. The summed E-state index contributed by atoms with van der Waals surface area (Å²) >= 11 is 6.39. The van der Waals surface area contributed by atoms with Gasteiger partial charge in [-0.05, 0) is 29.3 Å². The van der Waals surface area contributed by atoms with Crippen LogP contribution in [0.4, 0.5) is 0 Å². The van der Waals surface area contributed by atoms with Crippen LogP contribution in [0.3, 0.4) is 0 Å². The predicted octanol–water partition coefficient (Wildman–Crippen LogP) is 4.84. The fourth-order valence-corrected chi connectivity index (χ4v) is 3.45. The fourth-order valence-electron chi connectivity index (χ4n) is 3.19. The lowest BCUT2D eigenvalue weighted by atomic mass is 10.0. The van der Waals surface area contributed by atoms with Gasteiger partial charge in [-0.3, -0.25) is 0 Å². The Hall–Kier alpha value is -3.64. The van der Waals surface area contributed by atoms with Gasteiger partial charge >= 0.3 is 0 Å². The third kappa shape index (κ3) is 2.90. The van der Waals surface area contributed by atoms with Gasteiger partial charge in [0.05, 0.1) is 27.4 Å². The van der Waals surface area contributed by atoms with E-state index in [9.17, 15) is 5.11 Å². The number of nitrogens with zero attached hydrogens (tertiary/aromatic N) is 4. The Balaban J connectivity index is 1.46. The van der Waals surface area contributed by atoms with E-state index in [0.717, 1.165) is 22.4 Å². The number of nitrogens with one attached hydrogen (secondary N) is 1. The fraction of sp³-hybridized carbons (Fsp3) is 0. The number of halogens is 1. The first kappa shape index (κ1) is 16.5. The maximum atomic E-state index is 9.60. The van der Waals surface area contributed by atoms with Crippen LogP contribution in [0.25, 0.3) is 39.1 Å². The summed E-state index contributed by atoms with van der Waals surface area (Å²) < 4.78 is 1.72. The Morgan fingerprint density at radius 1 is 0.893 bits per heavy atom. The predicted molar refractivity (Wildman–Crippen MR) is 109 cm³/mol. The lowest BCUT2D eigenvalue weighted by Gasteiger charge is -2.07. The molecule has 2 N–H and O–H groups in total. The van der Waals surface area contributed by atoms with Crippen molar-refractivity contribution in [3.05, 3.63) is 78.3 Å². The maximum absolute atomic E-state index is 9.60. The number of aromatic hydroxyl groups is 1. The first-order chi connectivity index (χ1) is 13.7. The molecule has 0 aliphatic carbocycles. The zero-order valence-corrected chi connectivity index (χ0v) is 15.3. The molecule has 3 aromatic heterocycles. The molecule has 5 rings (SSSR count). The highest BCUT2D eigenvalue weighted by atomic mass is 35.5. The van der Waals surface area contributed by atoms with Crippen molar-refractivity contribution in [1.29, 1.82) is 0 Å². The molecule has 0 atom stereocenters. The summed E-state index contributed by atoms with van der Waals surface area (Å²) in [4.78, 5) is 11.4. The standard InChI is InChI=1S/C21H14ClN5O/c22-17-9-18-19(10-20(28)25-18)26-21(17)15-3-1-13(2-4-15)14-5-7-16(8-6-14)27-12-23-11-24-27/h1-12,25,28H. The molecular weight excluding hydrogens is 374 g/mol. The molecule has 0 fully saturated rings. The van der Waals surface area contributed by atoms with E-state index in [1.807, 2.05) is 48.5 Å². The molecule has 0 aliphatic rings. The van der Waals surface area contributed by atoms with Gasteiger partial charge in [-0.2, -0.15) is 5.10 Å². The third-order valence-electron chi connectivity index (χ3n) is 4.58. The number of fused-ring (bicyclic) bond motifs is 1. The smallest absolute Gasteiger partial charge is 0.190 e. The Labute approximate surface area is 165 Å². The number of pyridine rings is 1. The molecule has 28 heavy (non-hydrogen) atoms. The zero-order valence-electron chi connectivity index (χ0n) is 14.5. The van der Waals surface area contributed by atoms with Crippen LogP contribution in [-0.2, 0) is 0 Å². The molecule has 7 heteroatoms. The minimum Gasteiger partial charge on any atom is -0.495 e. The van der Waals surface area contributed by atoms with E-state index >= 15 is 0 Å². The summed E-state index contributed by atoms with van der Waals surface area (Å²) in [6.45, 7) is 0. The van der Waals surface area contributed by atoms with Crippen LogP contribution in [0, 0.1) is 0 Å². The van der Waals surface area contributed by atoms with E-state index in [0.29, 0.717) is 21.7 Å². The van der Waals surface area contributed by atoms with Crippen molar-refractivity contribution in [1.82, 2.24) is 24.7 Å². The molecule has 5 aromatic rings. The first-order valence-electron chi connectivity index (χ1n) is 8.61. The van der Waals surface area contributed by atoms with Crippen molar-refractivity contribution in [2.24, 2.45) is 0 Å². The molecule has 6 nitrogen and oxygen atoms in total. The van der Waals surface area contributed by atoms with Crippen molar-refractivity contribution in [3.63, 3.8) is 0 Å². The van der Waals surface area contributed by atoms with Crippen LogP contribution < -0.4 is 0 Å². The van der Waals surface area contributed by atoms with E-state index in [1.165, 1.54) is 6.33 Å². The Kier molecular flexibility index (Phi) is 3.84. The van der Waals surface area contributed by atoms with Crippen LogP contribution >= 0.6 is 11.6 Å². The summed E-state index contributed by atoms with van der Waals surface area (Å²) in [5.41, 5.74) is 6.11. The minimum absolute atomic E-state index is 0.0698. The van der Waals surface area contributed by atoms with E-state index in [2.05, 4.69) is 20.1 Å². The van der Waals surface area contributed by atoms with Gasteiger partial charge in [-0.1, -0.05) is 48.0 Å². The number of aromatic amines is 1. The molecule has 0 saturated carbocycles. The average Bonchev–Trinajstić information content (AvgIpc) is 3.37. The second-order valence-corrected chi connectivity index (χ2v) is 6.78. The number of hydrogen-bond donors (Lipinski definition) is 2. The highest BCUT2D eigenvalue weighted by Crippen LogP contribution is 2.32. The SMILES string of the molecule is Oc1cc2nc(-c3ccc(-c4ccc(-n5cncn5)cc4)cc3)c(Cl)cc2[nH]1. The number of aromatic nitrogens is 5. The summed E-state index contributed by atoms with van der Waals surface area (Å²) in [7, 11) is 0. The van der Waals surface area contributed by atoms with Gasteiger partial charge in [0.25, 0.3) is 0 Å². The van der Waals surface area contributed by atoms with Gasteiger partial charge in [0, 0.05) is 11.6 Å². The number of H-pyrrole nitrogens is 1. The van der Waals surface area contributed by atoms with Crippen molar-refractivity contribution >= 4 is 22.6 Å². The van der Waals surface area contributed by atoms with Crippen LogP contribution in [0.5, 0.6) is 5.88 Å². The molecular formula is C21H14ClN5O. The zero-order chi connectivity index (χ0) is 19.1. The Morgan fingerprint density at radius 3 is 2.25 bits per heavy atom. The molecule has 2 aromatic carbocycles. The van der Waals surface area contributed by atoms with Crippen molar-refractivity contribution in [2.75, 3.05) is 0 Å². The van der Waals surface area contributed by atoms with Crippen LogP contribution in [0.15, 0.2) is 73.3 Å².